The molecule has 0 aliphatic carbocycles. The first-order valence-electron chi connectivity index (χ1n) is 7.69. The molecule has 2 amide bonds. The number of carbonyl (C=O) groups excluding carboxylic acids is 2. The molecular formula is C17H26BrN3O2. The number of hydrogen-bond donors (Lipinski definition) is 3. The van der Waals surface area contributed by atoms with Gasteiger partial charge in [0.2, 0.25) is 11.8 Å². The number of carbonyl (C=O) groups is 2. The number of halogens is 1. The van der Waals surface area contributed by atoms with E-state index in [9.17, 15) is 9.59 Å². The third-order valence-electron chi connectivity index (χ3n) is 3.78. The second-order valence-corrected chi connectivity index (χ2v) is 7.57. The van der Waals surface area contributed by atoms with E-state index >= 15 is 0 Å². The number of hydrogen-bond acceptors (Lipinski definition) is 3. The maximum absolute atomic E-state index is 11.9. The van der Waals surface area contributed by atoms with Crippen molar-refractivity contribution in [2.75, 3.05) is 13.1 Å². The number of benzene rings is 1. The van der Waals surface area contributed by atoms with Crippen molar-refractivity contribution in [2.45, 2.75) is 39.2 Å². The Labute approximate surface area is 146 Å². The van der Waals surface area contributed by atoms with Crippen LogP contribution in [-0.4, -0.2) is 30.9 Å². The van der Waals surface area contributed by atoms with Gasteiger partial charge in [0, 0.05) is 16.4 Å². The lowest BCUT2D eigenvalue weighted by atomic mass is 9.84. The van der Waals surface area contributed by atoms with E-state index in [0.717, 1.165) is 10.0 Å². The third-order valence-corrected chi connectivity index (χ3v) is 4.27. The van der Waals surface area contributed by atoms with Crippen molar-refractivity contribution in [1.29, 1.82) is 0 Å². The summed E-state index contributed by atoms with van der Waals surface area (Å²) in [6.07, 6.45) is 0. The van der Waals surface area contributed by atoms with E-state index in [1.807, 2.05) is 38.1 Å². The predicted octanol–water partition coefficient (Wildman–Crippen LogP) is 1.94. The zero-order valence-electron chi connectivity index (χ0n) is 14.2. The Hall–Kier alpha value is -1.40. The molecule has 1 atom stereocenters. The maximum atomic E-state index is 11.9. The molecule has 0 spiro atoms. The Kier molecular flexibility index (Phi) is 7.22. The molecule has 1 rings (SSSR count). The molecule has 0 saturated heterocycles. The number of amides is 2. The van der Waals surface area contributed by atoms with Crippen molar-refractivity contribution >= 4 is 27.7 Å². The zero-order valence-corrected chi connectivity index (χ0v) is 15.7. The highest BCUT2D eigenvalue weighted by Crippen LogP contribution is 2.24. The van der Waals surface area contributed by atoms with Crippen LogP contribution in [0.25, 0.3) is 0 Å². The second-order valence-electron chi connectivity index (χ2n) is 6.66. The minimum Gasteiger partial charge on any atom is -0.354 e. The fraction of sp³-hybridized carbons (Fsp3) is 0.529. The van der Waals surface area contributed by atoms with Crippen LogP contribution in [0.4, 0.5) is 0 Å². The minimum atomic E-state index is -0.596. The molecule has 0 aromatic heterocycles. The highest BCUT2D eigenvalue weighted by Gasteiger charge is 2.22. The fourth-order valence-corrected chi connectivity index (χ4v) is 2.38. The summed E-state index contributed by atoms with van der Waals surface area (Å²) in [6, 6.07) is 7.40. The van der Waals surface area contributed by atoms with E-state index in [0.29, 0.717) is 6.54 Å². The van der Waals surface area contributed by atoms with Crippen molar-refractivity contribution < 1.29 is 9.59 Å². The summed E-state index contributed by atoms with van der Waals surface area (Å²) < 4.78 is 1.00. The third kappa shape index (κ3) is 6.31. The first kappa shape index (κ1) is 19.6. The van der Waals surface area contributed by atoms with Gasteiger partial charge in [-0.15, -0.1) is 0 Å². The second kappa shape index (κ2) is 8.45. The summed E-state index contributed by atoms with van der Waals surface area (Å²) in [5.41, 5.74) is 6.64. The SMILES string of the molecule is CC(C)[C@H](N)C(=O)NCC(=O)NCC(C)(C)c1cccc(Br)c1. The van der Waals surface area contributed by atoms with E-state index in [-0.39, 0.29) is 29.7 Å². The van der Waals surface area contributed by atoms with E-state index in [4.69, 9.17) is 5.73 Å². The van der Waals surface area contributed by atoms with Gasteiger partial charge in [-0.1, -0.05) is 55.8 Å². The average Bonchev–Trinajstić information content (AvgIpc) is 2.49. The van der Waals surface area contributed by atoms with Gasteiger partial charge in [0.25, 0.3) is 0 Å². The lowest BCUT2D eigenvalue weighted by molar-refractivity contribution is -0.127. The van der Waals surface area contributed by atoms with E-state index in [1.165, 1.54) is 0 Å². The molecular weight excluding hydrogens is 358 g/mol. The Morgan fingerprint density at radius 1 is 1.26 bits per heavy atom. The molecule has 0 fully saturated rings. The van der Waals surface area contributed by atoms with Crippen LogP contribution < -0.4 is 16.4 Å². The molecule has 0 radical (unpaired) electrons. The molecule has 4 N–H and O–H groups in total. The van der Waals surface area contributed by atoms with Crippen LogP contribution in [0.5, 0.6) is 0 Å². The Balaban J connectivity index is 2.48. The van der Waals surface area contributed by atoms with Gasteiger partial charge in [-0.3, -0.25) is 9.59 Å². The van der Waals surface area contributed by atoms with Crippen molar-refractivity contribution in [3.63, 3.8) is 0 Å². The molecule has 128 valence electrons. The van der Waals surface area contributed by atoms with Gasteiger partial charge in [-0.05, 0) is 23.6 Å². The van der Waals surface area contributed by atoms with Gasteiger partial charge in [-0.2, -0.15) is 0 Å². The van der Waals surface area contributed by atoms with Crippen molar-refractivity contribution in [3.05, 3.63) is 34.3 Å². The molecule has 0 heterocycles. The summed E-state index contributed by atoms with van der Waals surface area (Å²) in [5.74, 6) is -0.493. The summed E-state index contributed by atoms with van der Waals surface area (Å²) in [7, 11) is 0. The molecule has 1 aromatic carbocycles. The van der Waals surface area contributed by atoms with E-state index < -0.39 is 6.04 Å². The van der Waals surface area contributed by atoms with Gasteiger partial charge in [0.15, 0.2) is 0 Å². The van der Waals surface area contributed by atoms with Crippen molar-refractivity contribution in [2.24, 2.45) is 11.7 Å². The Morgan fingerprint density at radius 2 is 1.91 bits per heavy atom. The molecule has 5 nitrogen and oxygen atoms in total. The molecule has 1 aromatic rings. The number of nitrogens with one attached hydrogen (secondary N) is 2. The Morgan fingerprint density at radius 3 is 2.48 bits per heavy atom. The lowest BCUT2D eigenvalue weighted by Crippen LogP contribution is -2.48. The normalized spacial score (nSPS) is 12.8. The molecule has 0 aliphatic rings. The molecule has 23 heavy (non-hydrogen) atoms. The standard InChI is InChI=1S/C17H26BrN3O2/c1-11(2)15(19)16(23)20-9-14(22)21-10-17(3,4)12-6-5-7-13(18)8-12/h5-8,11,15H,9-10,19H2,1-4H3,(H,20,23)(H,21,22)/t15-/m0/s1. The van der Waals surface area contributed by atoms with Gasteiger partial charge in [0.05, 0.1) is 12.6 Å². The Bertz CT molecular complexity index is 559. The van der Waals surface area contributed by atoms with Gasteiger partial charge < -0.3 is 16.4 Å². The largest absolute Gasteiger partial charge is 0.354 e. The van der Waals surface area contributed by atoms with Gasteiger partial charge in [0.1, 0.15) is 0 Å². The molecule has 6 heteroatoms. The van der Waals surface area contributed by atoms with Crippen LogP contribution in [0.1, 0.15) is 33.3 Å². The van der Waals surface area contributed by atoms with Crippen LogP contribution in [0.2, 0.25) is 0 Å². The summed E-state index contributed by atoms with van der Waals surface area (Å²) in [4.78, 5) is 23.6. The van der Waals surface area contributed by atoms with E-state index in [1.54, 1.807) is 0 Å². The van der Waals surface area contributed by atoms with Crippen molar-refractivity contribution in [1.82, 2.24) is 10.6 Å². The summed E-state index contributed by atoms with van der Waals surface area (Å²) in [5, 5.41) is 5.42. The van der Waals surface area contributed by atoms with Crippen LogP contribution in [0.15, 0.2) is 28.7 Å². The minimum absolute atomic E-state index is 0.0357. The van der Waals surface area contributed by atoms with E-state index in [2.05, 4.69) is 40.4 Å². The quantitative estimate of drug-likeness (QED) is 0.672. The lowest BCUT2D eigenvalue weighted by Gasteiger charge is -2.26. The van der Waals surface area contributed by atoms with Crippen LogP contribution in [0.3, 0.4) is 0 Å². The summed E-state index contributed by atoms with van der Waals surface area (Å²) in [6.45, 7) is 8.27. The first-order valence-corrected chi connectivity index (χ1v) is 8.49. The number of nitrogens with two attached hydrogens (primary N) is 1. The maximum Gasteiger partial charge on any atom is 0.239 e. The average molecular weight is 384 g/mol. The first-order chi connectivity index (χ1) is 10.6. The topological polar surface area (TPSA) is 84.2 Å². The summed E-state index contributed by atoms with van der Waals surface area (Å²) >= 11 is 3.45. The van der Waals surface area contributed by atoms with Crippen LogP contribution in [-0.2, 0) is 15.0 Å². The monoisotopic (exact) mass is 383 g/mol. The fourth-order valence-electron chi connectivity index (χ4n) is 1.98. The molecule has 0 aliphatic heterocycles. The molecule has 0 unspecified atom stereocenters. The predicted molar refractivity (Wildman–Crippen MR) is 96.0 cm³/mol. The van der Waals surface area contributed by atoms with Crippen LogP contribution in [0, 0.1) is 5.92 Å². The highest BCUT2D eigenvalue weighted by molar-refractivity contribution is 9.10. The number of rotatable bonds is 7. The van der Waals surface area contributed by atoms with Crippen molar-refractivity contribution in [3.8, 4) is 0 Å². The smallest absolute Gasteiger partial charge is 0.239 e. The zero-order chi connectivity index (χ0) is 17.6. The highest BCUT2D eigenvalue weighted by atomic mass is 79.9. The van der Waals surface area contributed by atoms with Crippen LogP contribution >= 0.6 is 15.9 Å². The van der Waals surface area contributed by atoms with Gasteiger partial charge >= 0.3 is 0 Å². The van der Waals surface area contributed by atoms with Gasteiger partial charge in [-0.25, -0.2) is 0 Å². The molecule has 0 saturated carbocycles. The molecule has 0 bridgehead atoms.